The molecule has 2 nitrogen and oxygen atoms in total. The summed E-state index contributed by atoms with van der Waals surface area (Å²) in [6.45, 7) is 11.7. The Balaban J connectivity index is 2.48. The maximum atomic E-state index is 9.15. The number of aliphatic hydroxyl groups is 1. The summed E-state index contributed by atoms with van der Waals surface area (Å²) in [5.74, 6) is 1.17. The standard InChI is InChI=1S/C14H29NO/c1-10-6-13(8-14(4,5)7-10)15-12(3)11(2)9-16/h10-13,15-16H,6-9H2,1-5H3. The molecule has 0 aliphatic heterocycles. The first-order chi connectivity index (χ1) is 7.34. The Morgan fingerprint density at radius 3 is 2.44 bits per heavy atom. The maximum absolute atomic E-state index is 9.15. The van der Waals surface area contributed by atoms with Crippen molar-refractivity contribution in [2.24, 2.45) is 17.3 Å². The summed E-state index contributed by atoms with van der Waals surface area (Å²) in [7, 11) is 0. The minimum atomic E-state index is 0.278. The van der Waals surface area contributed by atoms with Crippen LogP contribution in [0.4, 0.5) is 0 Å². The highest BCUT2D eigenvalue weighted by molar-refractivity contribution is 4.88. The zero-order valence-corrected chi connectivity index (χ0v) is 11.6. The van der Waals surface area contributed by atoms with E-state index in [-0.39, 0.29) is 6.61 Å². The van der Waals surface area contributed by atoms with Crippen molar-refractivity contribution in [3.05, 3.63) is 0 Å². The second-order valence-corrected chi connectivity index (χ2v) is 6.73. The summed E-state index contributed by atoms with van der Waals surface area (Å²) < 4.78 is 0. The van der Waals surface area contributed by atoms with Gasteiger partial charge in [0.2, 0.25) is 0 Å². The Morgan fingerprint density at radius 1 is 1.31 bits per heavy atom. The molecule has 96 valence electrons. The molecule has 0 aromatic rings. The van der Waals surface area contributed by atoms with Gasteiger partial charge in [0.05, 0.1) is 0 Å². The van der Waals surface area contributed by atoms with Crippen LogP contribution in [0.15, 0.2) is 0 Å². The van der Waals surface area contributed by atoms with Gasteiger partial charge < -0.3 is 10.4 Å². The highest BCUT2D eigenvalue weighted by atomic mass is 16.3. The van der Waals surface area contributed by atoms with Gasteiger partial charge in [-0.25, -0.2) is 0 Å². The molecule has 4 atom stereocenters. The van der Waals surface area contributed by atoms with E-state index in [9.17, 15) is 0 Å². The van der Waals surface area contributed by atoms with E-state index in [0.29, 0.717) is 23.4 Å². The van der Waals surface area contributed by atoms with E-state index in [1.54, 1.807) is 0 Å². The minimum Gasteiger partial charge on any atom is -0.396 e. The second kappa shape index (κ2) is 5.50. The van der Waals surface area contributed by atoms with Gasteiger partial charge in [-0.05, 0) is 43.4 Å². The predicted octanol–water partition coefficient (Wildman–Crippen LogP) is 2.81. The van der Waals surface area contributed by atoms with Crippen molar-refractivity contribution in [2.75, 3.05) is 6.61 Å². The van der Waals surface area contributed by atoms with E-state index in [2.05, 4.69) is 39.9 Å². The second-order valence-electron chi connectivity index (χ2n) is 6.73. The SMILES string of the molecule is CC1CC(NC(C)C(C)CO)CC(C)(C)C1. The highest BCUT2D eigenvalue weighted by Crippen LogP contribution is 2.38. The van der Waals surface area contributed by atoms with Crippen LogP contribution in [0.2, 0.25) is 0 Å². The van der Waals surface area contributed by atoms with Crippen LogP contribution >= 0.6 is 0 Å². The molecule has 1 rings (SSSR count). The molecule has 0 spiro atoms. The molecule has 0 bridgehead atoms. The van der Waals surface area contributed by atoms with Crippen molar-refractivity contribution in [3.8, 4) is 0 Å². The van der Waals surface area contributed by atoms with E-state index in [4.69, 9.17) is 5.11 Å². The van der Waals surface area contributed by atoms with Gasteiger partial charge in [0.1, 0.15) is 0 Å². The highest BCUT2D eigenvalue weighted by Gasteiger charge is 2.32. The average Bonchev–Trinajstić information content (AvgIpc) is 2.12. The third kappa shape index (κ3) is 4.06. The lowest BCUT2D eigenvalue weighted by molar-refractivity contribution is 0.130. The Labute approximate surface area is 101 Å². The molecule has 0 aromatic heterocycles. The van der Waals surface area contributed by atoms with Gasteiger partial charge in [0.15, 0.2) is 0 Å². The van der Waals surface area contributed by atoms with E-state index < -0.39 is 0 Å². The number of hydrogen-bond donors (Lipinski definition) is 2. The molecule has 1 fully saturated rings. The molecular weight excluding hydrogens is 198 g/mol. The predicted molar refractivity (Wildman–Crippen MR) is 69.4 cm³/mol. The maximum Gasteiger partial charge on any atom is 0.0471 e. The fourth-order valence-electron chi connectivity index (χ4n) is 3.17. The number of nitrogens with one attached hydrogen (secondary N) is 1. The first kappa shape index (κ1) is 14.0. The third-order valence-corrected chi connectivity index (χ3v) is 4.03. The van der Waals surface area contributed by atoms with Crippen molar-refractivity contribution < 1.29 is 5.11 Å². The monoisotopic (exact) mass is 227 g/mol. The quantitative estimate of drug-likeness (QED) is 0.774. The Kier molecular flexibility index (Phi) is 4.81. The topological polar surface area (TPSA) is 32.3 Å². The summed E-state index contributed by atoms with van der Waals surface area (Å²) in [6, 6.07) is 1.04. The van der Waals surface area contributed by atoms with Gasteiger partial charge in [-0.1, -0.05) is 27.7 Å². The molecule has 1 saturated carbocycles. The average molecular weight is 227 g/mol. The molecule has 16 heavy (non-hydrogen) atoms. The molecule has 2 heteroatoms. The number of rotatable bonds is 4. The molecule has 0 saturated heterocycles. The number of hydrogen-bond acceptors (Lipinski definition) is 2. The molecular formula is C14H29NO. The minimum absolute atomic E-state index is 0.278. The van der Waals surface area contributed by atoms with Gasteiger partial charge in [-0.3, -0.25) is 0 Å². The molecule has 0 amide bonds. The zero-order chi connectivity index (χ0) is 12.3. The van der Waals surface area contributed by atoms with Crippen LogP contribution in [-0.4, -0.2) is 23.8 Å². The molecule has 2 N–H and O–H groups in total. The molecule has 0 radical (unpaired) electrons. The molecule has 1 aliphatic rings. The van der Waals surface area contributed by atoms with Crippen LogP contribution in [0.25, 0.3) is 0 Å². The van der Waals surface area contributed by atoms with E-state index in [1.807, 2.05) is 0 Å². The Hall–Kier alpha value is -0.0800. The van der Waals surface area contributed by atoms with Crippen LogP contribution in [0.5, 0.6) is 0 Å². The summed E-state index contributed by atoms with van der Waals surface area (Å²) in [4.78, 5) is 0. The van der Waals surface area contributed by atoms with Gasteiger partial charge in [-0.2, -0.15) is 0 Å². The van der Waals surface area contributed by atoms with Crippen LogP contribution in [0.3, 0.4) is 0 Å². The van der Waals surface area contributed by atoms with Crippen LogP contribution in [0.1, 0.15) is 53.9 Å². The lowest BCUT2D eigenvalue weighted by Gasteiger charge is -2.41. The first-order valence-corrected chi connectivity index (χ1v) is 6.71. The first-order valence-electron chi connectivity index (χ1n) is 6.71. The van der Waals surface area contributed by atoms with Gasteiger partial charge >= 0.3 is 0 Å². The Morgan fingerprint density at radius 2 is 1.94 bits per heavy atom. The smallest absolute Gasteiger partial charge is 0.0471 e. The van der Waals surface area contributed by atoms with Crippen molar-refractivity contribution in [1.82, 2.24) is 5.32 Å². The molecule has 4 unspecified atom stereocenters. The summed E-state index contributed by atoms with van der Waals surface area (Å²) in [5.41, 5.74) is 0.470. The van der Waals surface area contributed by atoms with Crippen molar-refractivity contribution in [1.29, 1.82) is 0 Å². The van der Waals surface area contributed by atoms with Crippen molar-refractivity contribution in [2.45, 2.75) is 66.0 Å². The molecule has 0 heterocycles. The Bertz CT molecular complexity index is 215. The van der Waals surface area contributed by atoms with E-state index >= 15 is 0 Å². The largest absolute Gasteiger partial charge is 0.396 e. The normalized spacial score (nSPS) is 33.4. The molecule has 0 aromatic carbocycles. The third-order valence-electron chi connectivity index (χ3n) is 4.03. The van der Waals surface area contributed by atoms with Crippen LogP contribution in [-0.2, 0) is 0 Å². The van der Waals surface area contributed by atoms with Gasteiger partial charge in [0, 0.05) is 18.7 Å². The summed E-state index contributed by atoms with van der Waals surface area (Å²) in [6.07, 6.45) is 3.89. The zero-order valence-electron chi connectivity index (χ0n) is 11.6. The summed E-state index contributed by atoms with van der Waals surface area (Å²) >= 11 is 0. The van der Waals surface area contributed by atoms with Crippen molar-refractivity contribution in [3.63, 3.8) is 0 Å². The van der Waals surface area contributed by atoms with E-state index in [1.165, 1.54) is 19.3 Å². The number of aliphatic hydroxyl groups excluding tert-OH is 1. The lowest BCUT2D eigenvalue weighted by Crippen LogP contribution is -2.46. The fraction of sp³-hybridized carbons (Fsp3) is 1.00. The summed E-state index contributed by atoms with van der Waals surface area (Å²) in [5, 5.41) is 12.8. The van der Waals surface area contributed by atoms with Gasteiger partial charge in [-0.15, -0.1) is 0 Å². The van der Waals surface area contributed by atoms with Gasteiger partial charge in [0.25, 0.3) is 0 Å². The van der Waals surface area contributed by atoms with E-state index in [0.717, 1.165) is 5.92 Å². The van der Waals surface area contributed by atoms with Crippen LogP contribution < -0.4 is 5.32 Å². The van der Waals surface area contributed by atoms with Crippen LogP contribution in [0, 0.1) is 17.3 Å². The van der Waals surface area contributed by atoms with Crippen molar-refractivity contribution >= 4 is 0 Å². The molecule has 1 aliphatic carbocycles. The lowest BCUT2D eigenvalue weighted by atomic mass is 9.70. The fourth-order valence-corrected chi connectivity index (χ4v) is 3.17.